The number of rotatable bonds is 5. The molecule has 122 valence electrons. The van der Waals surface area contributed by atoms with Gasteiger partial charge in [0.1, 0.15) is 0 Å². The molecule has 5 nitrogen and oxygen atoms in total. The average Bonchev–Trinajstić information content (AvgIpc) is 3.24. The van der Waals surface area contributed by atoms with Gasteiger partial charge in [0.15, 0.2) is 20.6 Å². The first kappa shape index (κ1) is 16.3. The maximum absolute atomic E-state index is 13.0. The molecule has 1 aromatic heterocycles. The molecule has 0 aliphatic heterocycles. The van der Waals surface area contributed by atoms with Crippen molar-refractivity contribution in [3.63, 3.8) is 0 Å². The highest BCUT2D eigenvalue weighted by atomic mass is 32.2. The summed E-state index contributed by atoms with van der Waals surface area (Å²) in [5.74, 6) is 0.465. The number of carbonyl (C=O) groups is 1. The molecule has 1 aromatic carbocycles. The van der Waals surface area contributed by atoms with E-state index in [2.05, 4.69) is 5.16 Å². The highest BCUT2D eigenvalue weighted by molar-refractivity contribution is 7.98. The summed E-state index contributed by atoms with van der Waals surface area (Å²) in [5, 5.41) is 4.48. The van der Waals surface area contributed by atoms with Crippen LogP contribution in [-0.4, -0.2) is 31.9 Å². The molecule has 1 aliphatic carbocycles. The van der Waals surface area contributed by atoms with Crippen molar-refractivity contribution in [1.82, 2.24) is 5.16 Å². The summed E-state index contributed by atoms with van der Waals surface area (Å²) in [6.45, 7) is 1.80. The van der Waals surface area contributed by atoms with E-state index in [-0.39, 0.29) is 22.2 Å². The molecule has 3 rings (SSSR count). The zero-order valence-electron chi connectivity index (χ0n) is 13.1. The van der Waals surface area contributed by atoms with Crippen molar-refractivity contribution in [3.8, 4) is 0 Å². The van der Waals surface area contributed by atoms with Gasteiger partial charge in [-0.1, -0.05) is 11.2 Å². The summed E-state index contributed by atoms with van der Waals surface area (Å²) < 4.78 is 29.5. The van der Waals surface area contributed by atoms with Gasteiger partial charge in [-0.15, -0.1) is 11.8 Å². The molecule has 0 N–H and O–H groups in total. The van der Waals surface area contributed by atoms with Crippen molar-refractivity contribution < 1.29 is 17.7 Å². The van der Waals surface area contributed by atoms with Crippen molar-refractivity contribution in [2.75, 3.05) is 12.5 Å². The standard InChI is InChI=1S/C16H17NO4S2/c1-9-4-7-11(12(8-9)23(3,19)20)14(18)13-15(10-5-6-10)21-17-16(13)22-2/h4,7-8,10H,5-6H2,1-3H3. The lowest BCUT2D eigenvalue weighted by Gasteiger charge is -2.09. The van der Waals surface area contributed by atoms with E-state index in [0.29, 0.717) is 16.3 Å². The number of hydrogen-bond acceptors (Lipinski definition) is 6. The molecule has 23 heavy (non-hydrogen) atoms. The molecule has 0 spiro atoms. The fraction of sp³-hybridized carbons (Fsp3) is 0.375. The molecular formula is C16H17NO4S2. The van der Waals surface area contributed by atoms with Crippen LogP contribution in [0.15, 0.2) is 32.6 Å². The Kier molecular flexibility index (Phi) is 4.10. The van der Waals surface area contributed by atoms with Crippen molar-refractivity contribution in [1.29, 1.82) is 0 Å². The van der Waals surface area contributed by atoms with Gasteiger partial charge in [-0.05, 0) is 43.7 Å². The first-order valence-corrected chi connectivity index (χ1v) is 10.3. The normalized spacial score (nSPS) is 14.9. The molecule has 1 heterocycles. The Hall–Kier alpha value is -1.60. The van der Waals surface area contributed by atoms with Crippen molar-refractivity contribution >= 4 is 27.4 Å². The van der Waals surface area contributed by atoms with Gasteiger partial charge in [0.05, 0.1) is 10.5 Å². The number of benzene rings is 1. The number of aromatic nitrogens is 1. The topological polar surface area (TPSA) is 77.2 Å². The van der Waals surface area contributed by atoms with Crippen molar-refractivity contribution in [2.45, 2.75) is 35.6 Å². The molecule has 1 fully saturated rings. The fourth-order valence-electron chi connectivity index (χ4n) is 2.52. The smallest absolute Gasteiger partial charge is 0.200 e. The van der Waals surface area contributed by atoms with Crippen LogP contribution in [0, 0.1) is 6.92 Å². The van der Waals surface area contributed by atoms with E-state index >= 15 is 0 Å². The number of hydrogen-bond donors (Lipinski definition) is 0. The van der Waals surface area contributed by atoms with Crippen LogP contribution in [0.4, 0.5) is 0 Å². The van der Waals surface area contributed by atoms with E-state index in [4.69, 9.17) is 4.52 Å². The van der Waals surface area contributed by atoms with Crippen molar-refractivity contribution in [3.05, 3.63) is 40.6 Å². The van der Waals surface area contributed by atoms with Crippen LogP contribution in [0.25, 0.3) is 0 Å². The summed E-state index contributed by atoms with van der Waals surface area (Å²) in [5.41, 5.74) is 1.38. The number of ketones is 1. The fourth-order valence-corrected chi connectivity index (χ4v) is 3.99. The van der Waals surface area contributed by atoms with Gasteiger partial charge in [-0.25, -0.2) is 8.42 Å². The van der Waals surface area contributed by atoms with Gasteiger partial charge in [-0.3, -0.25) is 4.79 Å². The Morgan fingerprint density at radius 2 is 2.04 bits per heavy atom. The molecular weight excluding hydrogens is 334 g/mol. The number of sulfone groups is 1. The Balaban J connectivity index is 2.17. The quantitative estimate of drug-likeness (QED) is 0.608. The van der Waals surface area contributed by atoms with E-state index < -0.39 is 9.84 Å². The van der Waals surface area contributed by atoms with E-state index in [1.165, 1.54) is 17.8 Å². The Morgan fingerprint density at radius 3 is 2.61 bits per heavy atom. The number of carbonyl (C=O) groups excluding carboxylic acids is 1. The zero-order valence-corrected chi connectivity index (χ0v) is 14.8. The van der Waals surface area contributed by atoms with E-state index in [1.54, 1.807) is 19.1 Å². The van der Waals surface area contributed by atoms with Crippen LogP contribution in [0.5, 0.6) is 0 Å². The molecule has 7 heteroatoms. The molecule has 2 aromatic rings. The second-order valence-corrected chi connectivity index (χ2v) is 8.59. The van der Waals surface area contributed by atoms with E-state index in [9.17, 15) is 13.2 Å². The molecule has 0 saturated heterocycles. The summed E-state index contributed by atoms with van der Waals surface area (Å²) in [4.78, 5) is 13.1. The van der Waals surface area contributed by atoms with E-state index in [1.807, 2.05) is 6.26 Å². The third-order valence-electron chi connectivity index (χ3n) is 3.84. The van der Waals surface area contributed by atoms with Gasteiger partial charge in [-0.2, -0.15) is 0 Å². The second kappa shape index (κ2) is 5.79. The lowest BCUT2D eigenvalue weighted by atomic mass is 10.0. The first-order chi connectivity index (χ1) is 10.8. The minimum atomic E-state index is -3.51. The van der Waals surface area contributed by atoms with Gasteiger partial charge in [0.25, 0.3) is 0 Å². The molecule has 0 unspecified atom stereocenters. The van der Waals surface area contributed by atoms with Gasteiger partial charge in [0.2, 0.25) is 5.78 Å². The van der Waals surface area contributed by atoms with Crippen LogP contribution in [0.3, 0.4) is 0 Å². The largest absolute Gasteiger partial charge is 0.359 e. The molecule has 0 atom stereocenters. The number of thioether (sulfide) groups is 1. The maximum atomic E-state index is 13.0. The Labute approximate surface area is 139 Å². The SMILES string of the molecule is CSc1noc(C2CC2)c1C(=O)c1ccc(C)cc1S(C)(=O)=O. The van der Waals surface area contributed by atoms with Crippen LogP contribution in [-0.2, 0) is 9.84 Å². The third kappa shape index (κ3) is 3.07. The summed E-state index contributed by atoms with van der Waals surface area (Å²) in [6, 6.07) is 4.85. The minimum Gasteiger partial charge on any atom is -0.359 e. The highest BCUT2D eigenvalue weighted by Gasteiger charge is 2.36. The summed E-state index contributed by atoms with van der Waals surface area (Å²) in [6.07, 6.45) is 4.87. The number of nitrogens with zero attached hydrogens (tertiary/aromatic N) is 1. The van der Waals surface area contributed by atoms with Crippen LogP contribution >= 0.6 is 11.8 Å². The Morgan fingerprint density at radius 1 is 1.35 bits per heavy atom. The van der Waals surface area contributed by atoms with Gasteiger partial charge >= 0.3 is 0 Å². The van der Waals surface area contributed by atoms with Crippen LogP contribution < -0.4 is 0 Å². The third-order valence-corrected chi connectivity index (χ3v) is 5.64. The predicted molar refractivity (Wildman–Crippen MR) is 88.0 cm³/mol. The predicted octanol–water partition coefficient (Wildman–Crippen LogP) is 3.22. The van der Waals surface area contributed by atoms with Crippen LogP contribution in [0.2, 0.25) is 0 Å². The lowest BCUT2D eigenvalue weighted by Crippen LogP contribution is -2.11. The minimum absolute atomic E-state index is 0.0532. The lowest BCUT2D eigenvalue weighted by molar-refractivity contribution is 0.103. The molecule has 1 aliphatic rings. The summed E-state index contributed by atoms with van der Waals surface area (Å²) >= 11 is 1.33. The highest BCUT2D eigenvalue weighted by Crippen LogP contribution is 2.44. The number of aryl methyl sites for hydroxylation is 1. The van der Waals surface area contributed by atoms with Gasteiger partial charge < -0.3 is 4.52 Å². The zero-order chi connectivity index (χ0) is 16.8. The van der Waals surface area contributed by atoms with Gasteiger partial charge in [0, 0.05) is 17.7 Å². The van der Waals surface area contributed by atoms with Crippen molar-refractivity contribution in [2.24, 2.45) is 0 Å². The molecule has 0 radical (unpaired) electrons. The van der Waals surface area contributed by atoms with E-state index in [0.717, 1.165) is 24.7 Å². The Bertz CT molecular complexity index is 879. The molecule has 1 saturated carbocycles. The molecule has 0 bridgehead atoms. The first-order valence-electron chi connectivity index (χ1n) is 7.22. The van der Waals surface area contributed by atoms with Crippen LogP contribution in [0.1, 0.15) is 46.0 Å². The monoisotopic (exact) mass is 351 g/mol. The molecule has 0 amide bonds. The maximum Gasteiger partial charge on any atom is 0.200 e. The summed E-state index contributed by atoms with van der Waals surface area (Å²) in [7, 11) is -3.51. The second-order valence-electron chi connectivity index (χ2n) is 5.81. The average molecular weight is 351 g/mol.